The molecular weight excluding hydrogens is 377 g/mol. The van der Waals surface area contributed by atoms with Gasteiger partial charge in [-0.25, -0.2) is 4.39 Å². The molecule has 0 aliphatic carbocycles. The number of hydrogen-bond acceptors (Lipinski definition) is 4. The van der Waals surface area contributed by atoms with Gasteiger partial charge in [0.1, 0.15) is 11.5 Å². The fourth-order valence-corrected chi connectivity index (χ4v) is 2.60. The third kappa shape index (κ3) is 5.07. The van der Waals surface area contributed by atoms with Crippen LogP contribution in [0, 0.1) is 5.82 Å². The molecule has 0 saturated carbocycles. The highest BCUT2D eigenvalue weighted by Gasteiger charge is 2.18. The summed E-state index contributed by atoms with van der Waals surface area (Å²) >= 11 is 0. The molecule has 0 unspecified atom stereocenters. The number of pyridine rings is 1. The number of amides is 2. The quantitative estimate of drug-likeness (QED) is 0.512. The normalized spacial score (nSPS) is 10.4. The van der Waals surface area contributed by atoms with E-state index in [1.54, 1.807) is 0 Å². The van der Waals surface area contributed by atoms with Crippen LogP contribution in [0.15, 0.2) is 65.5 Å². The van der Waals surface area contributed by atoms with E-state index in [1.165, 1.54) is 24.3 Å². The van der Waals surface area contributed by atoms with Gasteiger partial charge >= 0.3 is 0 Å². The zero-order valence-corrected chi connectivity index (χ0v) is 15.2. The molecule has 2 amide bonds. The molecule has 29 heavy (non-hydrogen) atoms. The van der Waals surface area contributed by atoms with Crippen molar-refractivity contribution in [1.29, 1.82) is 0 Å². The highest BCUT2D eigenvalue weighted by atomic mass is 19.1. The number of H-pyrrole nitrogens is 1. The number of aromatic hydroxyl groups is 1. The number of carbonyl (C=O) groups is 2. The molecule has 8 heteroatoms. The lowest BCUT2D eigenvalue weighted by Crippen LogP contribution is -2.29. The molecule has 0 aliphatic heterocycles. The fraction of sp³-hybridized carbons (Fsp3) is 0.0952. The van der Waals surface area contributed by atoms with Crippen LogP contribution in [0.3, 0.4) is 0 Å². The number of aromatic nitrogens is 1. The minimum Gasteiger partial charge on any atom is -0.502 e. The molecule has 0 fully saturated rings. The molecule has 1 aromatic heterocycles. The van der Waals surface area contributed by atoms with Gasteiger partial charge in [-0.1, -0.05) is 42.5 Å². The smallest absolute Gasteiger partial charge is 0.291 e. The van der Waals surface area contributed by atoms with Gasteiger partial charge in [-0.05, 0) is 29.3 Å². The van der Waals surface area contributed by atoms with Gasteiger partial charge in [0.25, 0.3) is 17.4 Å². The fourth-order valence-electron chi connectivity index (χ4n) is 2.60. The van der Waals surface area contributed by atoms with Crippen LogP contribution in [0.5, 0.6) is 5.75 Å². The van der Waals surface area contributed by atoms with E-state index in [0.29, 0.717) is 5.56 Å². The highest BCUT2D eigenvalue weighted by molar-refractivity contribution is 6.00. The van der Waals surface area contributed by atoms with Crippen molar-refractivity contribution < 1.29 is 19.1 Å². The van der Waals surface area contributed by atoms with Crippen molar-refractivity contribution >= 4 is 11.8 Å². The van der Waals surface area contributed by atoms with E-state index < -0.39 is 28.9 Å². The van der Waals surface area contributed by atoms with E-state index in [0.717, 1.165) is 11.6 Å². The summed E-state index contributed by atoms with van der Waals surface area (Å²) in [6.45, 7) is 0.287. The second-order valence-corrected chi connectivity index (χ2v) is 6.25. The minimum atomic E-state index is -0.954. The molecular formula is C21H18FN3O4. The first-order valence-electron chi connectivity index (χ1n) is 8.75. The first-order chi connectivity index (χ1) is 13.9. The predicted molar refractivity (Wildman–Crippen MR) is 104 cm³/mol. The predicted octanol–water partition coefficient (Wildman–Crippen LogP) is 2.08. The van der Waals surface area contributed by atoms with Crippen molar-refractivity contribution in [2.75, 3.05) is 0 Å². The summed E-state index contributed by atoms with van der Waals surface area (Å²) in [5.74, 6) is -2.53. The molecule has 3 aromatic rings. The van der Waals surface area contributed by atoms with Crippen LogP contribution in [0.4, 0.5) is 4.39 Å². The number of rotatable bonds is 6. The molecule has 2 aromatic carbocycles. The van der Waals surface area contributed by atoms with E-state index in [1.807, 2.05) is 30.3 Å². The Labute approximate surface area is 165 Å². The van der Waals surface area contributed by atoms with Gasteiger partial charge in [0.15, 0.2) is 5.75 Å². The maximum absolute atomic E-state index is 12.9. The second kappa shape index (κ2) is 8.83. The molecule has 148 valence electrons. The van der Waals surface area contributed by atoms with Crippen LogP contribution >= 0.6 is 0 Å². The molecule has 0 aliphatic rings. The van der Waals surface area contributed by atoms with Gasteiger partial charge in [-0.15, -0.1) is 0 Å². The van der Waals surface area contributed by atoms with E-state index in [2.05, 4.69) is 15.6 Å². The van der Waals surface area contributed by atoms with Crippen molar-refractivity contribution in [3.8, 4) is 5.75 Å². The average Bonchev–Trinajstić information content (AvgIpc) is 2.74. The van der Waals surface area contributed by atoms with Gasteiger partial charge in [-0.2, -0.15) is 0 Å². The summed E-state index contributed by atoms with van der Waals surface area (Å²) in [5, 5.41) is 15.1. The Morgan fingerprint density at radius 1 is 0.897 bits per heavy atom. The zero-order valence-electron chi connectivity index (χ0n) is 15.2. The molecule has 4 N–H and O–H groups in total. The SMILES string of the molecule is O=C(NCc1ccccc1)c1cc(C(=O)NCc2ccc(F)cc2)c(O)c(=O)[nH]1. The van der Waals surface area contributed by atoms with Gasteiger partial charge in [0.05, 0.1) is 5.56 Å². The molecule has 3 rings (SSSR count). The monoisotopic (exact) mass is 395 g/mol. The van der Waals surface area contributed by atoms with Crippen LogP contribution < -0.4 is 16.2 Å². The van der Waals surface area contributed by atoms with Crippen molar-refractivity contribution in [2.24, 2.45) is 0 Å². The lowest BCUT2D eigenvalue weighted by molar-refractivity contribution is 0.0945. The van der Waals surface area contributed by atoms with Gasteiger partial charge in [0, 0.05) is 13.1 Å². The minimum absolute atomic E-state index is 0.0564. The largest absolute Gasteiger partial charge is 0.502 e. The molecule has 7 nitrogen and oxygen atoms in total. The van der Waals surface area contributed by atoms with E-state index >= 15 is 0 Å². The first kappa shape index (κ1) is 19.8. The van der Waals surface area contributed by atoms with Gasteiger partial charge in [0.2, 0.25) is 0 Å². The summed E-state index contributed by atoms with van der Waals surface area (Å²) < 4.78 is 12.9. The molecule has 0 atom stereocenters. The van der Waals surface area contributed by atoms with Gasteiger partial charge in [-0.3, -0.25) is 14.4 Å². The van der Waals surface area contributed by atoms with E-state index in [-0.39, 0.29) is 24.3 Å². The van der Waals surface area contributed by atoms with Crippen LogP contribution in [-0.4, -0.2) is 21.9 Å². The van der Waals surface area contributed by atoms with E-state index in [9.17, 15) is 23.9 Å². The topological polar surface area (TPSA) is 111 Å². The third-order valence-electron chi connectivity index (χ3n) is 4.16. The highest BCUT2D eigenvalue weighted by Crippen LogP contribution is 2.13. The number of halogens is 1. The van der Waals surface area contributed by atoms with Crippen molar-refractivity contribution in [3.63, 3.8) is 0 Å². The molecule has 1 heterocycles. The number of aromatic amines is 1. The molecule has 0 radical (unpaired) electrons. The number of hydrogen-bond donors (Lipinski definition) is 4. The Morgan fingerprint density at radius 3 is 2.14 bits per heavy atom. The Kier molecular flexibility index (Phi) is 6.03. The second-order valence-electron chi connectivity index (χ2n) is 6.25. The summed E-state index contributed by atoms with van der Waals surface area (Å²) in [5.41, 5.74) is 0.0461. The number of benzene rings is 2. The summed E-state index contributed by atoms with van der Waals surface area (Å²) in [6, 6.07) is 15.8. The standard InChI is InChI=1S/C21H18FN3O4/c22-15-8-6-14(7-9-15)12-23-19(27)16-10-17(25-21(29)18(16)26)20(28)24-11-13-4-2-1-3-5-13/h1-10,26H,11-12H2,(H,23,27)(H,24,28)(H,25,29). The lowest BCUT2D eigenvalue weighted by atomic mass is 10.1. The maximum Gasteiger partial charge on any atom is 0.291 e. The van der Waals surface area contributed by atoms with Crippen LogP contribution in [0.1, 0.15) is 32.0 Å². The van der Waals surface area contributed by atoms with Crippen molar-refractivity contribution in [1.82, 2.24) is 15.6 Å². The number of nitrogens with one attached hydrogen (secondary N) is 3. The van der Waals surface area contributed by atoms with Gasteiger partial charge < -0.3 is 20.7 Å². The maximum atomic E-state index is 12.9. The van der Waals surface area contributed by atoms with Crippen LogP contribution in [0.25, 0.3) is 0 Å². The Bertz CT molecular complexity index is 1080. The third-order valence-corrected chi connectivity index (χ3v) is 4.16. The Balaban J connectivity index is 1.72. The number of carbonyl (C=O) groups excluding carboxylic acids is 2. The summed E-state index contributed by atoms with van der Waals surface area (Å²) in [4.78, 5) is 38.9. The first-order valence-corrected chi connectivity index (χ1v) is 8.75. The molecule has 0 bridgehead atoms. The summed E-state index contributed by atoms with van der Waals surface area (Å²) in [6.07, 6.45) is 0. The zero-order chi connectivity index (χ0) is 20.8. The van der Waals surface area contributed by atoms with Crippen molar-refractivity contribution in [3.05, 3.63) is 99.2 Å². The van der Waals surface area contributed by atoms with E-state index in [4.69, 9.17) is 0 Å². The average molecular weight is 395 g/mol. The molecule has 0 saturated heterocycles. The summed E-state index contributed by atoms with van der Waals surface area (Å²) in [7, 11) is 0. The van der Waals surface area contributed by atoms with Crippen molar-refractivity contribution in [2.45, 2.75) is 13.1 Å². The van der Waals surface area contributed by atoms with Crippen LogP contribution in [0.2, 0.25) is 0 Å². The Hall–Kier alpha value is -3.94. The Morgan fingerprint density at radius 2 is 1.48 bits per heavy atom. The molecule has 0 spiro atoms. The lowest BCUT2D eigenvalue weighted by Gasteiger charge is -2.09. The van der Waals surface area contributed by atoms with Crippen LogP contribution in [-0.2, 0) is 13.1 Å².